The van der Waals surface area contributed by atoms with E-state index in [0.717, 1.165) is 21.6 Å². The van der Waals surface area contributed by atoms with Crippen molar-refractivity contribution >= 4 is 43.1 Å². The molecule has 0 saturated carbocycles. The summed E-state index contributed by atoms with van der Waals surface area (Å²) >= 11 is 1.13. The lowest BCUT2D eigenvalue weighted by Gasteiger charge is -2.06. The number of hydrogen-bond acceptors (Lipinski definition) is 6. The number of sulfone groups is 1. The van der Waals surface area contributed by atoms with E-state index in [4.69, 9.17) is 0 Å². The first-order valence-corrected chi connectivity index (χ1v) is 10.3. The summed E-state index contributed by atoms with van der Waals surface area (Å²) in [4.78, 5) is 28.5. The number of nitrogens with one attached hydrogen (secondary N) is 1. The van der Waals surface area contributed by atoms with Gasteiger partial charge in [-0.25, -0.2) is 13.4 Å². The average Bonchev–Trinajstić information content (AvgIpc) is 3.05. The molecule has 0 atom stereocenters. The maximum atomic E-state index is 12.2. The fraction of sp³-hybridized carbons (Fsp3) is 0.167. The zero-order valence-electron chi connectivity index (χ0n) is 13.9. The quantitative estimate of drug-likeness (QED) is 0.517. The molecule has 0 aliphatic rings. The minimum Gasteiger partial charge on any atom is -0.348 e. The van der Waals surface area contributed by atoms with Gasteiger partial charge in [-0.3, -0.25) is 9.59 Å². The molecule has 6 nitrogen and oxygen atoms in total. The van der Waals surface area contributed by atoms with Crippen molar-refractivity contribution in [2.75, 3.05) is 12.3 Å². The van der Waals surface area contributed by atoms with Gasteiger partial charge in [0.1, 0.15) is 0 Å². The number of carbonyl (C=O) groups is 2. The first kappa shape index (κ1) is 18.2. The van der Waals surface area contributed by atoms with Crippen LogP contribution in [0.4, 0.5) is 0 Å². The summed E-state index contributed by atoms with van der Waals surface area (Å²) < 4.78 is 25.3. The van der Waals surface area contributed by atoms with Crippen LogP contribution in [0.2, 0.25) is 0 Å². The van der Waals surface area contributed by atoms with Gasteiger partial charge in [-0.2, -0.15) is 0 Å². The van der Waals surface area contributed by atoms with Crippen LogP contribution in [-0.2, 0) is 14.6 Å². The van der Waals surface area contributed by atoms with Crippen LogP contribution in [0, 0.1) is 6.92 Å². The topological polar surface area (TPSA) is 93.2 Å². The molecule has 0 fully saturated rings. The van der Waals surface area contributed by atoms with Crippen molar-refractivity contribution in [1.29, 1.82) is 0 Å². The fourth-order valence-corrected chi connectivity index (χ4v) is 4.37. The van der Waals surface area contributed by atoms with Crippen molar-refractivity contribution in [1.82, 2.24) is 10.3 Å². The van der Waals surface area contributed by atoms with Gasteiger partial charge in [0.25, 0.3) is 11.7 Å². The van der Waals surface area contributed by atoms with Gasteiger partial charge in [-0.15, -0.1) is 11.3 Å². The maximum absolute atomic E-state index is 12.2. The Bertz CT molecular complexity index is 1040. The molecule has 0 radical (unpaired) electrons. The molecule has 1 amide bonds. The molecule has 0 spiro atoms. The highest BCUT2D eigenvalue weighted by molar-refractivity contribution is 7.91. The zero-order valence-corrected chi connectivity index (χ0v) is 15.6. The minimum atomic E-state index is -3.52. The SMILES string of the molecule is Cc1ccc(S(=O)(=O)CCNC(=O)C(=O)c2nc3ccccc3s2)cc1. The average molecular weight is 388 g/mol. The summed E-state index contributed by atoms with van der Waals surface area (Å²) in [6, 6.07) is 13.7. The van der Waals surface area contributed by atoms with Crippen molar-refractivity contribution < 1.29 is 18.0 Å². The van der Waals surface area contributed by atoms with Crippen LogP contribution in [-0.4, -0.2) is 37.4 Å². The fourth-order valence-electron chi connectivity index (χ4n) is 2.31. The molecule has 0 aliphatic carbocycles. The Morgan fingerprint density at radius 2 is 1.77 bits per heavy atom. The van der Waals surface area contributed by atoms with E-state index in [0.29, 0.717) is 5.52 Å². The zero-order chi connectivity index (χ0) is 18.7. The van der Waals surface area contributed by atoms with Gasteiger partial charge in [-0.05, 0) is 31.2 Å². The number of amides is 1. The van der Waals surface area contributed by atoms with Gasteiger partial charge in [0.2, 0.25) is 0 Å². The third-order valence-electron chi connectivity index (χ3n) is 3.73. The Hall–Kier alpha value is -2.58. The Morgan fingerprint density at radius 3 is 2.46 bits per heavy atom. The summed E-state index contributed by atoms with van der Waals surface area (Å²) in [5.74, 6) is -1.91. The molecule has 1 aromatic heterocycles. The third-order valence-corrected chi connectivity index (χ3v) is 6.50. The van der Waals surface area contributed by atoms with Crippen molar-refractivity contribution in [2.45, 2.75) is 11.8 Å². The Morgan fingerprint density at radius 1 is 1.08 bits per heavy atom. The number of ketones is 1. The van der Waals surface area contributed by atoms with Gasteiger partial charge in [0.15, 0.2) is 14.8 Å². The summed E-state index contributed by atoms with van der Waals surface area (Å²) in [6.07, 6.45) is 0. The summed E-state index contributed by atoms with van der Waals surface area (Å²) in [5, 5.41) is 2.45. The number of rotatable bonds is 6. The maximum Gasteiger partial charge on any atom is 0.295 e. The van der Waals surface area contributed by atoms with Gasteiger partial charge >= 0.3 is 0 Å². The number of carbonyl (C=O) groups excluding carboxylic acids is 2. The summed E-state index contributed by atoms with van der Waals surface area (Å²) in [7, 11) is -3.52. The first-order valence-electron chi connectivity index (χ1n) is 7.84. The molecule has 8 heteroatoms. The van der Waals surface area contributed by atoms with Gasteiger partial charge in [0, 0.05) is 6.54 Å². The lowest BCUT2D eigenvalue weighted by Crippen LogP contribution is -2.34. The molecule has 26 heavy (non-hydrogen) atoms. The Labute approximate surface area is 154 Å². The van der Waals surface area contributed by atoms with Crippen molar-refractivity contribution in [2.24, 2.45) is 0 Å². The second kappa shape index (κ2) is 7.35. The molecule has 1 N–H and O–H groups in total. The van der Waals surface area contributed by atoms with E-state index in [1.807, 2.05) is 19.1 Å². The number of aryl methyl sites for hydroxylation is 1. The number of nitrogens with zero attached hydrogens (tertiary/aromatic N) is 1. The minimum absolute atomic E-state index is 0.0880. The normalized spacial score (nSPS) is 11.4. The molecular formula is C18H16N2O4S2. The van der Waals surface area contributed by atoms with Crippen LogP contribution < -0.4 is 5.32 Å². The largest absolute Gasteiger partial charge is 0.348 e. The number of thiazole rings is 1. The van der Waals surface area contributed by atoms with E-state index in [1.54, 1.807) is 24.3 Å². The molecule has 0 aliphatic heterocycles. The number of Topliss-reactive ketones (excluding diaryl/α,β-unsaturated/α-hetero) is 1. The van der Waals surface area contributed by atoms with E-state index >= 15 is 0 Å². The van der Waals surface area contributed by atoms with E-state index in [1.165, 1.54) is 12.1 Å². The Balaban J connectivity index is 1.61. The third kappa shape index (κ3) is 3.97. The molecule has 0 unspecified atom stereocenters. The second-order valence-electron chi connectivity index (χ2n) is 5.70. The lowest BCUT2D eigenvalue weighted by molar-refractivity contribution is -0.116. The van der Waals surface area contributed by atoms with Crippen LogP contribution in [0.25, 0.3) is 10.2 Å². The van der Waals surface area contributed by atoms with E-state index in [2.05, 4.69) is 10.3 Å². The number of aromatic nitrogens is 1. The summed E-state index contributed by atoms with van der Waals surface area (Å²) in [6.45, 7) is 1.72. The van der Waals surface area contributed by atoms with Crippen molar-refractivity contribution in [3.63, 3.8) is 0 Å². The van der Waals surface area contributed by atoms with Crippen molar-refractivity contribution in [3.8, 4) is 0 Å². The van der Waals surface area contributed by atoms with Crippen LogP contribution in [0.3, 0.4) is 0 Å². The predicted octanol–water partition coefficient (Wildman–Crippen LogP) is 2.38. The molecular weight excluding hydrogens is 372 g/mol. The van der Waals surface area contributed by atoms with Crippen LogP contribution in [0.5, 0.6) is 0 Å². The standard InChI is InChI=1S/C18H16N2O4S2/c1-12-6-8-13(9-7-12)26(23,24)11-10-19-17(22)16(21)18-20-14-4-2-3-5-15(14)25-18/h2-9H,10-11H2,1H3,(H,19,22). The van der Waals surface area contributed by atoms with Gasteiger partial charge < -0.3 is 5.32 Å². The monoisotopic (exact) mass is 388 g/mol. The van der Waals surface area contributed by atoms with Gasteiger partial charge in [-0.1, -0.05) is 29.8 Å². The van der Waals surface area contributed by atoms with Crippen LogP contribution in [0.15, 0.2) is 53.4 Å². The van der Waals surface area contributed by atoms with Crippen molar-refractivity contribution in [3.05, 3.63) is 59.1 Å². The molecule has 134 valence electrons. The van der Waals surface area contributed by atoms with Crippen LogP contribution in [0.1, 0.15) is 15.4 Å². The second-order valence-corrected chi connectivity index (χ2v) is 8.84. The first-order chi connectivity index (χ1) is 12.4. The highest BCUT2D eigenvalue weighted by Gasteiger charge is 2.21. The predicted molar refractivity (Wildman–Crippen MR) is 100 cm³/mol. The highest BCUT2D eigenvalue weighted by atomic mass is 32.2. The number of benzene rings is 2. The molecule has 0 saturated heterocycles. The smallest absolute Gasteiger partial charge is 0.295 e. The molecule has 1 heterocycles. The van der Waals surface area contributed by atoms with Crippen LogP contribution >= 0.6 is 11.3 Å². The highest BCUT2D eigenvalue weighted by Crippen LogP contribution is 2.21. The number of para-hydroxylation sites is 1. The molecule has 0 bridgehead atoms. The summed E-state index contributed by atoms with van der Waals surface area (Å²) in [5.41, 5.74) is 1.61. The number of fused-ring (bicyclic) bond motifs is 1. The molecule has 2 aromatic carbocycles. The molecule has 3 aromatic rings. The van der Waals surface area contributed by atoms with E-state index in [9.17, 15) is 18.0 Å². The van der Waals surface area contributed by atoms with E-state index in [-0.39, 0.29) is 22.2 Å². The van der Waals surface area contributed by atoms with E-state index < -0.39 is 21.5 Å². The molecule has 3 rings (SSSR count). The van der Waals surface area contributed by atoms with Gasteiger partial charge in [0.05, 0.1) is 20.9 Å². The Kier molecular flexibility index (Phi) is 5.15. The lowest BCUT2D eigenvalue weighted by atomic mass is 10.2. The number of hydrogen-bond donors (Lipinski definition) is 1.